The van der Waals surface area contributed by atoms with Gasteiger partial charge in [-0.1, -0.05) is 12.1 Å². The van der Waals surface area contributed by atoms with Gasteiger partial charge in [0.15, 0.2) is 0 Å². The van der Waals surface area contributed by atoms with Gasteiger partial charge in [-0.15, -0.1) is 0 Å². The highest BCUT2D eigenvalue weighted by molar-refractivity contribution is 7.89. The molecule has 2 aromatic carbocycles. The molecule has 0 spiro atoms. The topological polar surface area (TPSA) is 109 Å². The lowest BCUT2D eigenvalue weighted by Crippen LogP contribution is -2.38. The molecule has 8 nitrogen and oxygen atoms in total. The Morgan fingerprint density at radius 2 is 1.94 bits per heavy atom. The molecule has 3 aromatic rings. The molecule has 1 fully saturated rings. The molecule has 0 radical (unpaired) electrons. The number of pyridine rings is 1. The lowest BCUT2D eigenvalue weighted by Gasteiger charge is -2.25. The largest absolute Gasteiger partial charge is 0.377 e. The number of hydrogen-bond acceptors (Lipinski definition) is 5. The fraction of sp³-hybridized carbons (Fsp3) is 0.333. The van der Waals surface area contributed by atoms with E-state index in [-0.39, 0.29) is 35.6 Å². The molecular weight excluding hydrogens is 442 g/mol. The quantitative estimate of drug-likeness (QED) is 0.553. The van der Waals surface area contributed by atoms with Gasteiger partial charge in [-0.25, -0.2) is 8.42 Å². The van der Waals surface area contributed by atoms with Gasteiger partial charge in [0.05, 0.1) is 11.0 Å². The molecule has 1 aromatic heterocycles. The SMILES string of the molecule is CC(=O)Nc1ccc(S(=O)(=O)N(Cc2cc3ccc(C)cc3[nH]c2=O)C[C@H]2CCCO2)cc1. The van der Waals surface area contributed by atoms with E-state index in [9.17, 15) is 18.0 Å². The van der Waals surface area contributed by atoms with Crippen LogP contribution in [0.2, 0.25) is 0 Å². The second-order valence-electron chi connectivity index (χ2n) is 8.35. The Morgan fingerprint density at radius 3 is 2.61 bits per heavy atom. The maximum absolute atomic E-state index is 13.5. The van der Waals surface area contributed by atoms with Crippen molar-refractivity contribution in [1.82, 2.24) is 9.29 Å². The number of aromatic amines is 1. The summed E-state index contributed by atoms with van der Waals surface area (Å²) in [6.07, 6.45) is 1.42. The predicted octanol–water partition coefficient (Wildman–Crippen LogP) is 3.16. The Bertz CT molecular complexity index is 1330. The Balaban J connectivity index is 1.68. The molecule has 33 heavy (non-hydrogen) atoms. The molecule has 1 atom stereocenters. The average molecular weight is 470 g/mol. The molecule has 4 rings (SSSR count). The number of rotatable bonds is 7. The molecule has 0 saturated carbocycles. The van der Waals surface area contributed by atoms with Gasteiger partial charge in [-0.05, 0) is 67.1 Å². The predicted molar refractivity (Wildman–Crippen MR) is 127 cm³/mol. The second kappa shape index (κ2) is 9.46. The summed E-state index contributed by atoms with van der Waals surface area (Å²) in [4.78, 5) is 27.0. The van der Waals surface area contributed by atoms with Crippen LogP contribution in [0.3, 0.4) is 0 Å². The fourth-order valence-electron chi connectivity index (χ4n) is 3.99. The van der Waals surface area contributed by atoms with Gasteiger partial charge in [0.2, 0.25) is 15.9 Å². The Labute approximate surface area is 192 Å². The number of benzene rings is 2. The summed E-state index contributed by atoms with van der Waals surface area (Å²) in [5.74, 6) is -0.240. The highest BCUT2D eigenvalue weighted by atomic mass is 32.2. The third-order valence-electron chi connectivity index (χ3n) is 5.67. The van der Waals surface area contributed by atoms with Gasteiger partial charge in [0.1, 0.15) is 0 Å². The van der Waals surface area contributed by atoms with Gasteiger partial charge in [-0.2, -0.15) is 4.31 Å². The number of nitrogens with one attached hydrogen (secondary N) is 2. The van der Waals surface area contributed by atoms with Crippen LogP contribution in [-0.2, 0) is 26.1 Å². The summed E-state index contributed by atoms with van der Waals surface area (Å²) >= 11 is 0. The number of amides is 1. The lowest BCUT2D eigenvalue weighted by molar-refractivity contribution is -0.114. The number of nitrogens with zero attached hydrogens (tertiary/aromatic N) is 1. The lowest BCUT2D eigenvalue weighted by atomic mass is 10.1. The maximum Gasteiger partial charge on any atom is 0.252 e. The zero-order chi connectivity index (χ0) is 23.6. The number of carbonyl (C=O) groups is 1. The van der Waals surface area contributed by atoms with E-state index >= 15 is 0 Å². The van der Waals surface area contributed by atoms with Gasteiger partial charge in [0, 0.05) is 43.4 Å². The summed E-state index contributed by atoms with van der Waals surface area (Å²) in [6.45, 7) is 4.00. The van der Waals surface area contributed by atoms with Gasteiger partial charge >= 0.3 is 0 Å². The minimum absolute atomic E-state index is 0.0746. The van der Waals surface area contributed by atoms with Crippen molar-refractivity contribution in [2.45, 2.75) is 44.2 Å². The smallest absolute Gasteiger partial charge is 0.252 e. The molecule has 2 N–H and O–H groups in total. The van der Waals surface area contributed by atoms with Crippen LogP contribution >= 0.6 is 0 Å². The Kier molecular flexibility index (Phi) is 6.64. The van der Waals surface area contributed by atoms with Crippen LogP contribution in [0.5, 0.6) is 0 Å². The van der Waals surface area contributed by atoms with Crippen LogP contribution in [0.15, 0.2) is 58.2 Å². The number of H-pyrrole nitrogens is 1. The molecule has 0 aliphatic carbocycles. The molecular formula is C24H27N3O5S. The number of anilines is 1. The van der Waals surface area contributed by atoms with Gasteiger partial charge in [-0.3, -0.25) is 9.59 Å². The molecule has 1 saturated heterocycles. The first-order chi connectivity index (χ1) is 15.7. The van der Waals surface area contributed by atoms with Crippen molar-refractivity contribution in [3.63, 3.8) is 0 Å². The van der Waals surface area contributed by atoms with Crippen molar-refractivity contribution in [1.29, 1.82) is 0 Å². The molecule has 174 valence electrons. The van der Waals surface area contributed by atoms with Crippen molar-refractivity contribution in [2.24, 2.45) is 0 Å². The van der Waals surface area contributed by atoms with Crippen molar-refractivity contribution >= 4 is 32.5 Å². The van der Waals surface area contributed by atoms with E-state index in [0.29, 0.717) is 23.4 Å². The number of aryl methyl sites for hydroxylation is 1. The number of fused-ring (bicyclic) bond motifs is 1. The minimum Gasteiger partial charge on any atom is -0.377 e. The summed E-state index contributed by atoms with van der Waals surface area (Å²) in [5.41, 5.74) is 2.29. The molecule has 9 heteroatoms. The molecule has 1 amide bonds. The van der Waals surface area contributed by atoms with Crippen molar-refractivity contribution in [3.8, 4) is 0 Å². The molecule has 1 aliphatic rings. The van der Waals surface area contributed by atoms with Crippen molar-refractivity contribution in [2.75, 3.05) is 18.5 Å². The first-order valence-corrected chi connectivity index (χ1v) is 12.3. The van der Waals surface area contributed by atoms with E-state index in [1.165, 1.54) is 23.4 Å². The summed E-state index contributed by atoms with van der Waals surface area (Å²) < 4.78 is 34.1. The second-order valence-corrected chi connectivity index (χ2v) is 10.3. The third-order valence-corrected chi connectivity index (χ3v) is 7.49. The number of hydrogen-bond donors (Lipinski definition) is 2. The summed E-state index contributed by atoms with van der Waals surface area (Å²) in [5, 5.41) is 3.46. The standard InChI is InChI=1S/C24H27N3O5S/c1-16-5-6-18-13-19(24(29)26-23(18)12-16)14-27(15-21-4-3-11-32-21)33(30,31)22-9-7-20(8-10-22)25-17(2)28/h5-10,12-13,21H,3-4,11,14-15H2,1-2H3,(H,25,28)(H,26,29)/t21-/m1/s1. The number of aromatic nitrogens is 1. The molecule has 0 unspecified atom stereocenters. The van der Waals surface area contributed by atoms with Gasteiger partial charge in [0.25, 0.3) is 5.56 Å². The van der Waals surface area contributed by atoms with Crippen LogP contribution in [0.1, 0.15) is 30.9 Å². The Morgan fingerprint density at radius 1 is 1.18 bits per heavy atom. The fourth-order valence-corrected chi connectivity index (χ4v) is 5.44. The van der Waals surface area contributed by atoms with E-state index in [1.807, 2.05) is 25.1 Å². The zero-order valence-corrected chi connectivity index (χ0v) is 19.4. The van der Waals surface area contributed by atoms with Crippen LogP contribution in [0, 0.1) is 6.92 Å². The van der Waals surface area contributed by atoms with Crippen molar-refractivity contribution in [3.05, 3.63) is 70.0 Å². The van der Waals surface area contributed by atoms with E-state index in [2.05, 4.69) is 10.3 Å². The van der Waals surface area contributed by atoms with Crippen LogP contribution in [0.4, 0.5) is 5.69 Å². The molecule has 1 aliphatic heterocycles. The van der Waals surface area contributed by atoms with E-state index in [4.69, 9.17) is 4.74 Å². The summed E-state index contributed by atoms with van der Waals surface area (Å²) in [6, 6.07) is 13.5. The van der Waals surface area contributed by atoms with Crippen LogP contribution < -0.4 is 10.9 Å². The number of carbonyl (C=O) groups excluding carboxylic acids is 1. The highest BCUT2D eigenvalue weighted by Gasteiger charge is 2.30. The highest BCUT2D eigenvalue weighted by Crippen LogP contribution is 2.24. The minimum atomic E-state index is -3.92. The van der Waals surface area contributed by atoms with Crippen molar-refractivity contribution < 1.29 is 17.9 Å². The summed E-state index contributed by atoms with van der Waals surface area (Å²) in [7, 11) is -3.92. The van der Waals surface area contributed by atoms with Crippen LogP contribution in [-0.4, -0.2) is 42.9 Å². The average Bonchev–Trinajstić information content (AvgIpc) is 3.27. The molecule has 0 bridgehead atoms. The van der Waals surface area contributed by atoms with Gasteiger partial charge < -0.3 is 15.0 Å². The first-order valence-electron chi connectivity index (χ1n) is 10.8. The Hall–Kier alpha value is -3.01. The van der Waals surface area contributed by atoms with E-state index in [1.54, 1.807) is 18.2 Å². The third kappa shape index (κ3) is 5.32. The van der Waals surface area contributed by atoms with Crippen LogP contribution in [0.25, 0.3) is 10.9 Å². The maximum atomic E-state index is 13.5. The van der Waals surface area contributed by atoms with E-state index < -0.39 is 10.0 Å². The normalized spacial score (nSPS) is 16.4. The molecule has 2 heterocycles. The number of sulfonamides is 1. The van der Waals surface area contributed by atoms with E-state index in [0.717, 1.165) is 23.8 Å². The zero-order valence-electron chi connectivity index (χ0n) is 18.6. The monoisotopic (exact) mass is 469 g/mol. The number of ether oxygens (including phenoxy) is 1. The first kappa shape index (κ1) is 23.2.